The predicted octanol–water partition coefficient (Wildman–Crippen LogP) is 2.10. The van der Waals surface area contributed by atoms with Gasteiger partial charge in [-0.2, -0.15) is 0 Å². The number of aliphatic hydroxyl groups is 1. The lowest BCUT2D eigenvalue weighted by atomic mass is 10.5. The first kappa shape index (κ1) is 13.5. The van der Waals surface area contributed by atoms with Crippen LogP contribution in [0.5, 0.6) is 0 Å². The van der Waals surface area contributed by atoms with Crippen LogP contribution < -0.4 is 4.72 Å². The Bertz CT molecular complexity index is 662. The van der Waals surface area contributed by atoms with Gasteiger partial charge in [-0.25, -0.2) is 13.4 Å². The van der Waals surface area contributed by atoms with Gasteiger partial charge in [0.25, 0.3) is 10.0 Å². The van der Waals surface area contributed by atoms with Gasteiger partial charge in [-0.15, -0.1) is 11.3 Å². The van der Waals surface area contributed by atoms with Gasteiger partial charge in [0.05, 0.1) is 5.69 Å². The number of thiazole rings is 1. The highest BCUT2D eigenvalue weighted by molar-refractivity contribution is 9.10. The molecule has 0 fully saturated rings. The SMILES string of the molecule is Cc1csc(NS(=O)(=O)c2cc(CO)oc2Br)n1. The fourth-order valence-corrected chi connectivity index (χ4v) is 4.17. The minimum absolute atomic E-state index is 0.0485. The lowest BCUT2D eigenvalue weighted by molar-refractivity contribution is 0.245. The average Bonchev–Trinajstić information content (AvgIpc) is 2.84. The number of halogens is 1. The lowest BCUT2D eigenvalue weighted by Gasteiger charge is -2.02. The zero-order valence-electron chi connectivity index (χ0n) is 9.18. The minimum atomic E-state index is -3.77. The van der Waals surface area contributed by atoms with Gasteiger partial charge in [-0.1, -0.05) is 0 Å². The van der Waals surface area contributed by atoms with E-state index in [4.69, 9.17) is 9.52 Å². The molecule has 0 radical (unpaired) electrons. The number of furan rings is 1. The number of aromatic nitrogens is 1. The Morgan fingerprint density at radius 1 is 1.61 bits per heavy atom. The fraction of sp³-hybridized carbons (Fsp3) is 0.222. The first-order valence-corrected chi connectivity index (χ1v) is 7.92. The second-order valence-corrected chi connectivity index (χ2v) is 6.64. The number of rotatable bonds is 4. The summed E-state index contributed by atoms with van der Waals surface area (Å²) in [5, 5.41) is 10.9. The zero-order chi connectivity index (χ0) is 13.3. The number of aliphatic hydroxyl groups excluding tert-OH is 1. The molecule has 2 rings (SSSR count). The van der Waals surface area contributed by atoms with Gasteiger partial charge >= 0.3 is 0 Å². The molecular weight excluding hydrogens is 344 g/mol. The molecule has 2 aromatic heterocycles. The van der Waals surface area contributed by atoms with Gasteiger partial charge in [-0.05, 0) is 22.9 Å². The van der Waals surface area contributed by atoms with Gasteiger partial charge < -0.3 is 9.52 Å². The standard InChI is InChI=1S/C9H9BrN2O4S2/c1-5-4-17-9(11-5)12-18(14,15)7-2-6(3-13)16-8(7)10/h2,4,13H,3H2,1H3,(H,11,12). The lowest BCUT2D eigenvalue weighted by Crippen LogP contribution is -2.12. The molecule has 98 valence electrons. The van der Waals surface area contributed by atoms with Gasteiger partial charge in [-0.3, -0.25) is 4.72 Å². The van der Waals surface area contributed by atoms with Crippen LogP contribution in [0.1, 0.15) is 11.5 Å². The molecule has 0 spiro atoms. The third-order valence-electron chi connectivity index (χ3n) is 1.99. The monoisotopic (exact) mass is 352 g/mol. The minimum Gasteiger partial charge on any atom is -0.450 e. The van der Waals surface area contributed by atoms with Crippen molar-refractivity contribution in [3.8, 4) is 0 Å². The van der Waals surface area contributed by atoms with Crippen molar-refractivity contribution >= 4 is 42.4 Å². The molecule has 2 aromatic rings. The normalized spacial score (nSPS) is 11.7. The van der Waals surface area contributed by atoms with Crippen LogP contribution in [-0.2, 0) is 16.6 Å². The first-order valence-electron chi connectivity index (χ1n) is 4.76. The van der Waals surface area contributed by atoms with Crippen LogP contribution in [0.2, 0.25) is 0 Å². The van der Waals surface area contributed by atoms with Crippen LogP contribution in [0.25, 0.3) is 0 Å². The molecule has 0 aliphatic heterocycles. The van der Waals surface area contributed by atoms with E-state index in [-0.39, 0.29) is 27.1 Å². The van der Waals surface area contributed by atoms with Crippen molar-refractivity contribution < 1.29 is 17.9 Å². The summed E-state index contributed by atoms with van der Waals surface area (Å²) >= 11 is 4.19. The number of nitrogens with zero attached hydrogens (tertiary/aromatic N) is 1. The number of sulfonamides is 1. The van der Waals surface area contributed by atoms with E-state index in [1.807, 2.05) is 0 Å². The summed E-state index contributed by atoms with van der Waals surface area (Å²) < 4.78 is 31.5. The maximum atomic E-state index is 12.0. The number of nitrogens with one attached hydrogen (secondary N) is 1. The van der Waals surface area contributed by atoms with Crippen molar-refractivity contribution in [2.75, 3.05) is 4.72 Å². The molecule has 0 aliphatic carbocycles. The summed E-state index contributed by atoms with van der Waals surface area (Å²) in [4.78, 5) is 3.94. The van der Waals surface area contributed by atoms with E-state index in [1.165, 1.54) is 17.4 Å². The number of aryl methyl sites for hydroxylation is 1. The zero-order valence-corrected chi connectivity index (χ0v) is 12.4. The molecule has 0 unspecified atom stereocenters. The molecule has 0 atom stereocenters. The molecule has 0 amide bonds. The van der Waals surface area contributed by atoms with Gasteiger partial charge in [0.1, 0.15) is 17.3 Å². The summed E-state index contributed by atoms with van der Waals surface area (Å²) in [6, 6.07) is 1.26. The van der Waals surface area contributed by atoms with E-state index in [0.29, 0.717) is 0 Å². The summed E-state index contributed by atoms with van der Waals surface area (Å²) in [6.07, 6.45) is 0. The van der Waals surface area contributed by atoms with Gasteiger partial charge in [0.15, 0.2) is 9.80 Å². The van der Waals surface area contributed by atoms with Crippen LogP contribution in [0.3, 0.4) is 0 Å². The summed E-state index contributed by atoms with van der Waals surface area (Å²) in [7, 11) is -3.77. The van der Waals surface area contributed by atoms with E-state index in [1.54, 1.807) is 12.3 Å². The Morgan fingerprint density at radius 2 is 2.33 bits per heavy atom. The third kappa shape index (κ3) is 2.74. The van der Waals surface area contributed by atoms with Crippen molar-refractivity contribution in [1.82, 2.24) is 4.98 Å². The topological polar surface area (TPSA) is 92.4 Å². The van der Waals surface area contributed by atoms with Crippen molar-refractivity contribution in [3.63, 3.8) is 0 Å². The van der Waals surface area contributed by atoms with E-state index >= 15 is 0 Å². The van der Waals surface area contributed by atoms with Crippen LogP contribution >= 0.6 is 27.3 Å². The Morgan fingerprint density at radius 3 is 2.83 bits per heavy atom. The molecule has 2 N–H and O–H groups in total. The van der Waals surface area contributed by atoms with Crippen LogP contribution in [0.4, 0.5) is 5.13 Å². The Hall–Kier alpha value is -0.900. The maximum Gasteiger partial charge on any atom is 0.268 e. The number of anilines is 1. The van der Waals surface area contributed by atoms with Crippen molar-refractivity contribution in [2.45, 2.75) is 18.4 Å². The maximum absolute atomic E-state index is 12.0. The molecule has 9 heteroatoms. The van der Waals surface area contributed by atoms with Gasteiger partial charge in [0.2, 0.25) is 0 Å². The second-order valence-electron chi connectivity index (χ2n) is 3.41. The number of hydrogen-bond acceptors (Lipinski definition) is 6. The van der Waals surface area contributed by atoms with Crippen molar-refractivity contribution in [3.05, 3.63) is 27.6 Å². The largest absolute Gasteiger partial charge is 0.450 e. The molecule has 0 bridgehead atoms. The van der Waals surface area contributed by atoms with Crippen LogP contribution in [0, 0.1) is 6.92 Å². The molecule has 0 aliphatic rings. The highest BCUT2D eigenvalue weighted by Crippen LogP contribution is 2.28. The van der Waals surface area contributed by atoms with E-state index in [0.717, 1.165) is 5.69 Å². The summed E-state index contributed by atoms with van der Waals surface area (Å²) in [5.74, 6) is 0.164. The van der Waals surface area contributed by atoms with E-state index in [2.05, 4.69) is 25.6 Å². The average molecular weight is 353 g/mol. The van der Waals surface area contributed by atoms with Crippen molar-refractivity contribution in [2.24, 2.45) is 0 Å². The summed E-state index contributed by atoms with van der Waals surface area (Å²) in [6.45, 7) is 1.40. The Kier molecular flexibility index (Phi) is 3.76. The van der Waals surface area contributed by atoms with Crippen molar-refractivity contribution in [1.29, 1.82) is 0 Å². The highest BCUT2D eigenvalue weighted by Gasteiger charge is 2.23. The molecule has 18 heavy (non-hydrogen) atoms. The number of hydrogen-bond donors (Lipinski definition) is 2. The fourth-order valence-electron chi connectivity index (χ4n) is 1.23. The van der Waals surface area contributed by atoms with E-state index in [9.17, 15) is 8.42 Å². The molecule has 0 aromatic carbocycles. The molecule has 0 saturated heterocycles. The van der Waals surface area contributed by atoms with Crippen LogP contribution in [-0.4, -0.2) is 18.5 Å². The van der Waals surface area contributed by atoms with Crippen LogP contribution in [0.15, 0.2) is 25.4 Å². The molecule has 6 nitrogen and oxygen atoms in total. The quantitative estimate of drug-likeness (QED) is 0.878. The Balaban J connectivity index is 2.33. The van der Waals surface area contributed by atoms with Gasteiger partial charge in [0, 0.05) is 11.4 Å². The summed E-state index contributed by atoms with van der Waals surface area (Å²) in [5.41, 5.74) is 0.736. The third-order valence-corrected chi connectivity index (χ3v) is 5.19. The molecule has 2 heterocycles. The molecular formula is C9H9BrN2O4S2. The smallest absolute Gasteiger partial charge is 0.268 e. The second kappa shape index (κ2) is 5.00. The highest BCUT2D eigenvalue weighted by atomic mass is 79.9. The Labute approximate surface area is 116 Å². The first-order chi connectivity index (χ1) is 8.42. The predicted molar refractivity (Wildman–Crippen MR) is 70.0 cm³/mol. The molecule has 0 saturated carbocycles. The van der Waals surface area contributed by atoms with E-state index < -0.39 is 10.0 Å².